The molecule has 0 bridgehead atoms. The minimum Gasteiger partial charge on any atom is -0.394 e. The van der Waals surface area contributed by atoms with E-state index in [0.717, 1.165) is 0 Å². The monoisotopic (exact) mass is 232 g/mol. The summed E-state index contributed by atoms with van der Waals surface area (Å²) < 4.78 is 8.88. The van der Waals surface area contributed by atoms with Crippen LogP contribution in [0.3, 0.4) is 0 Å². The van der Waals surface area contributed by atoms with Crippen molar-refractivity contribution in [2.75, 3.05) is 6.61 Å². The number of hydrogen-bond acceptors (Lipinski definition) is 5. The van der Waals surface area contributed by atoms with Crippen LogP contribution in [0.25, 0.3) is 0 Å². The summed E-state index contributed by atoms with van der Waals surface area (Å²) in [7, 11) is -4.64. The van der Waals surface area contributed by atoms with Gasteiger partial charge in [0.25, 0.3) is 0 Å². The Morgan fingerprint density at radius 1 is 1.14 bits per heavy atom. The zero-order chi connectivity index (χ0) is 11.8. The van der Waals surface area contributed by atoms with Gasteiger partial charge in [-0.3, -0.25) is 0 Å². The van der Waals surface area contributed by atoms with Gasteiger partial charge in [0.1, 0.15) is 12.4 Å². The second kappa shape index (κ2) is 8.01. The lowest BCUT2D eigenvalue weighted by Crippen LogP contribution is -2.29. The summed E-state index contributed by atoms with van der Waals surface area (Å²) in [5.41, 5.74) is 0. The van der Waals surface area contributed by atoms with Crippen molar-refractivity contribution < 1.29 is 39.4 Å². The Kier molecular flexibility index (Phi) is 9.21. The minimum absolute atomic E-state index is 0.137. The molecule has 14 heavy (non-hydrogen) atoms. The fourth-order valence-electron chi connectivity index (χ4n) is 0.377. The van der Waals surface area contributed by atoms with Gasteiger partial charge < -0.3 is 34.8 Å². The fraction of sp³-hybridized carbons (Fsp3) is 0.800. The van der Waals surface area contributed by atoms with Gasteiger partial charge in [-0.25, -0.2) is 4.57 Å². The Bertz CT molecular complexity index is 180. The molecule has 0 heterocycles. The predicted octanol–water partition coefficient (Wildman–Crippen LogP) is -2.64. The third-order valence-corrected chi connectivity index (χ3v) is 0.969. The van der Waals surface area contributed by atoms with Gasteiger partial charge in [0.15, 0.2) is 0 Å². The third-order valence-electron chi connectivity index (χ3n) is 0.969. The highest BCUT2D eigenvalue weighted by molar-refractivity contribution is 7.45. The number of aliphatic hydroxyl groups excluding tert-OH is 3. The van der Waals surface area contributed by atoms with Crippen molar-refractivity contribution >= 4 is 14.1 Å². The Labute approximate surface area is 79.7 Å². The lowest BCUT2D eigenvalue weighted by molar-refractivity contribution is -0.111. The molecule has 0 aromatic rings. The number of aldehydes is 1. The molecule has 0 amide bonds. The second-order valence-corrected chi connectivity index (χ2v) is 3.26. The zero-order valence-corrected chi connectivity index (χ0v) is 7.99. The van der Waals surface area contributed by atoms with Crippen LogP contribution in [0.5, 0.6) is 0 Å². The first-order chi connectivity index (χ1) is 6.22. The summed E-state index contributed by atoms with van der Waals surface area (Å²) in [5, 5.41) is 25.5. The maximum absolute atomic E-state index is 9.68. The molecule has 8 nitrogen and oxygen atoms in total. The summed E-state index contributed by atoms with van der Waals surface area (Å²) in [4.78, 5) is 31.2. The van der Waals surface area contributed by atoms with Crippen LogP contribution in [0.15, 0.2) is 0 Å². The molecule has 0 aliphatic heterocycles. The molecular weight excluding hydrogens is 219 g/mol. The van der Waals surface area contributed by atoms with Crippen LogP contribution < -0.4 is 0 Å². The number of aliphatic hydroxyl groups is 3. The molecule has 6 N–H and O–H groups in total. The summed E-state index contributed by atoms with van der Waals surface area (Å²) in [6.45, 7) is -0.519. The van der Waals surface area contributed by atoms with E-state index >= 15 is 0 Å². The zero-order valence-electron chi connectivity index (χ0n) is 7.09. The highest BCUT2D eigenvalue weighted by Crippen LogP contribution is 2.25. The highest BCUT2D eigenvalue weighted by Gasteiger charge is 2.13. The van der Waals surface area contributed by atoms with Crippen molar-refractivity contribution in [3.8, 4) is 0 Å². The normalized spacial score (nSPS) is 15.0. The summed E-state index contributed by atoms with van der Waals surface area (Å²) in [5.74, 6) is 0. The molecule has 0 spiro atoms. The van der Waals surface area contributed by atoms with E-state index in [1.807, 2.05) is 0 Å². The fourth-order valence-corrected chi connectivity index (χ4v) is 0.377. The third kappa shape index (κ3) is 17.7. The molecule has 0 radical (unpaired) electrons. The number of carbonyl (C=O) groups is 1. The smallest absolute Gasteiger partial charge is 0.394 e. The van der Waals surface area contributed by atoms with E-state index < -0.39 is 26.6 Å². The first kappa shape index (κ1) is 16.1. The van der Waals surface area contributed by atoms with E-state index in [4.69, 9.17) is 34.6 Å². The molecule has 0 aliphatic rings. The van der Waals surface area contributed by atoms with Gasteiger partial charge in [0, 0.05) is 6.42 Å². The lowest BCUT2D eigenvalue weighted by atomic mass is 10.2. The molecule has 2 atom stereocenters. The Morgan fingerprint density at radius 3 is 1.71 bits per heavy atom. The molecule has 0 saturated heterocycles. The van der Waals surface area contributed by atoms with Crippen molar-refractivity contribution in [3.05, 3.63) is 0 Å². The van der Waals surface area contributed by atoms with Crippen LogP contribution in [0, 0.1) is 0 Å². The Morgan fingerprint density at radius 2 is 1.50 bits per heavy atom. The van der Waals surface area contributed by atoms with Crippen LogP contribution in [0.4, 0.5) is 0 Å². The van der Waals surface area contributed by atoms with Gasteiger partial charge >= 0.3 is 7.82 Å². The number of carbonyl (C=O) groups excluding carboxylic acids is 1. The van der Waals surface area contributed by atoms with Crippen LogP contribution in [-0.4, -0.2) is 55.1 Å². The van der Waals surface area contributed by atoms with Gasteiger partial charge in [-0.05, 0) is 0 Å². The number of hydrogen-bond donors (Lipinski definition) is 6. The van der Waals surface area contributed by atoms with E-state index in [-0.39, 0.29) is 6.42 Å². The first-order valence-corrected chi connectivity index (χ1v) is 4.97. The first-order valence-electron chi connectivity index (χ1n) is 3.41. The average molecular weight is 232 g/mol. The standard InChI is InChI=1S/C5H10O4.H3O4P/c6-2-1-4(8)5(9)3-7;1-5(2,3)4/h2,4-5,7-9H,1,3H2;(H3,1,2,3,4). The molecular formula is C5H13O8P. The van der Waals surface area contributed by atoms with E-state index in [1.165, 1.54) is 0 Å². The van der Waals surface area contributed by atoms with Crippen molar-refractivity contribution in [3.63, 3.8) is 0 Å². The second-order valence-electron chi connectivity index (χ2n) is 2.23. The molecule has 0 aromatic heterocycles. The number of phosphoric acid groups is 1. The van der Waals surface area contributed by atoms with Crippen LogP contribution in [-0.2, 0) is 9.36 Å². The topological polar surface area (TPSA) is 156 Å². The molecule has 0 rings (SSSR count). The van der Waals surface area contributed by atoms with Gasteiger partial charge in [0.2, 0.25) is 0 Å². The Balaban J connectivity index is 0. The molecule has 9 heteroatoms. The van der Waals surface area contributed by atoms with Crippen LogP contribution >= 0.6 is 7.82 Å². The predicted molar refractivity (Wildman–Crippen MR) is 44.0 cm³/mol. The van der Waals surface area contributed by atoms with Crippen molar-refractivity contribution in [2.24, 2.45) is 0 Å². The van der Waals surface area contributed by atoms with Gasteiger partial charge in [-0.15, -0.1) is 0 Å². The van der Waals surface area contributed by atoms with Gasteiger partial charge in [-0.2, -0.15) is 0 Å². The summed E-state index contributed by atoms with van der Waals surface area (Å²) in [6, 6.07) is 0. The molecule has 2 unspecified atom stereocenters. The molecule has 0 saturated carbocycles. The average Bonchev–Trinajstić information content (AvgIpc) is 2.00. The van der Waals surface area contributed by atoms with Gasteiger partial charge in [-0.1, -0.05) is 0 Å². The molecule has 86 valence electrons. The van der Waals surface area contributed by atoms with Crippen LogP contribution in [0.2, 0.25) is 0 Å². The van der Waals surface area contributed by atoms with E-state index in [1.54, 1.807) is 0 Å². The summed E-state index contributed by atoms with van der Waals surface area (Å²) >= 11 is 0. The van der Waals surface area contributed by atoms with Gasteiger partial charge in [0.05, 0.1) is 12.7 Å². The summed E-state index contributed by atoms with van der Waals surface area (Å²) in [6.07, 6.45) is -1.98. The number of rotatable bonds is 4. The SMILES string of the molecule is O=CCC(O)C(O)CO.O=P(O)(O)O. The van der Waals surface area contributed by atoms with Crippen molar-refractivity contribution in [1.29, 1.82) is 0 Å². The molecule has 0 aliphatic carbocycles. The largest absolute Gasteiger partial charge is 0.466 e. The minimum atomic E-state index is -4.64. The van der Waals surface area contributed by atoms with Crippen molar-refractivity contribution in [2.45, 2.75) is 18.6 Å². The molecule has 0 fully saturated rings. The van der Waals surface area contributed by atoms with Crippen molar-refractivity contribution in [1.82, 2.24) is 0 Å². The van der Waals surface area contributed by atoms with E-state index in [2.05, 4.69) is 0 Å². The molecule has 0 aromatic carbocycles. The lowest BCUT2D eigenvalue weighted by Gasteiger charge is -2.11. The maximum atomic E-state index is 9.68. The quantitative estimate of drug-likeness (QED) is 0.227. The van der Waals surface area contributed by atoms with Crippen LogP contribution in [0.1, 0.15) is 6.42 Å². The van der Waals surface area contributed by atoms with E-state index in [0.29, 0.717) is 6.29 Å². The Hall–Kier alpha value is -0.340. The van der Waals surface area contributed by atoms with E-state index in [9.17, 15) is 4.79 Å². The maximum Gasteiger partial charge on any atom is 0.466 e. The highest BCUT2D eigenvalue weighted by atomic mass is 31.2.